The molecule has 0 amide bonds. The second-order valence-corrected chi connectivity index (χ2v) is 6.26. The summed E-state index contributed by atoms with van der Waals surface area (Å²) < 4.78 is 26.8. The van der Waals surface area contributed by atoms with Crippen molar-refractivity contribution in [2.24, 2.45) is 0 Å². The molecule has 2 aromatic rings. The van der Waals surface area contributed by atoms with Crippen molar-refractivity contribution in [2.75, 3.05) is 5.75 Å². The molecular weight excluding hydrogens is 264 g/mol. The van der Waals surface area contributed by atoms with E-state index in [4.69, 9.17) is 15.1 Å². The molecule has 1 aromatic heterocycles. The molecule has 0 N–H and O–H groups in total. The minimum Gasteiger partial charge on any atom is -0.421 e. The normalized spacial score (nSPS) is 11.6. The lowest BCUT2D eigenvalue weighted by molar-refractivity contribution is 0.511. The lowest BCUT2D eigenvalue weighted by atomic mass is 10.2. The van der Waals surface area contributed by atoms with Crippen LogP contribution in [0.4, 0.5) is 0 Å². The third-order valence-corrected chi connectivity index (χ3v) is 3.20. The molecule has 0 saturated heterocycles. The van der Waals surface area contributed by atoms with E-state index in [-0.39, 0.29) is 18.1 Å². The standard InChI is InChI=1S/C10H9ClN2O3S/c11-17(14,15)7-6-9-12-13-10(16-9)8-4-2-1-3-5-8/h1-5H,6-7H2. The van der Waals surface area contributed by atoms with E-state index in [0.29, 0.717) is 5.89 Å². The van der Waals surface area contributed by atoms with Gasteiger partial charge in [-0.05, 0) is 12.1 Å². The number of benzene rings is 1. The molecule has 0 fully saturated rings. The molecule has 90 valence electrons. The molecule has 0 atom stereocenters. The molecule has 0 bridgehead atoms. The van der Waals surface area contributed by atoms with Crippen LogP contribution in [-0.2, 0) is 15.5 Å². The van der Waals surface area contributed by atoms with Crippen molar-refractivity contribution >= 4 is 19.7 Å². The van der Waals surface area contributed by atoms with Crippen LogP contribution < -0.4 is 0 Å². The predicted octanol–water partition coefficient (Wildman–Crippen LogP) is 1.85. The van der Waals surface area contributed by atoms with Gasteiger partial charge in [-0.15, -0.1) is 10.2 Å². The van der Waals surface area contributed by atoms with Crippen LogP contribution in [-0.4, -0.2) is 24.4 Å². The van der Waals surface area contributed by atoms with Crippen molar-refractivity contribution in [3.05, 3.63) is 36.2 Å². The lowest BCUT2D eigenvalue weighted by Crippen LogP contribution is -2.01. The lowest BCUT2D eigenvalue weighted by Gasteiger charge is -1.93. The van der Waals surface area contributed by atoms with Gasteiger partial charge in [-0.3, -0.25) is 0 Å². The molecule has 5 nitrogen and oxygen atoms in total. The third-order valence-electron chi connectivity index (χ3n) is 2.05. The Kier molecular flexibility index (Phi) is 3.44. The van der Waals surface area contributed by atoms with E-state index in [9.17, 15) is 8.42 Å². The maximum absolute atomic E-state index is 10.8. The van der Waals surface area contributed by atoms with Crippen molar-refractivity contribution in [2.45, 2.75) is 6.42 Å². The number of nitrogens with zero attached hydrogens (tertiary/aromatic N) is 2. The van der Waals surface area contributed by atoms with E-state index in [1.165, 1.54) is 0 Å². The summed E-state index contributed by atoms with van der Waals surface area (Å²) in [5, 5.41) is 7.59. The van der Waals surface area contributed by atoms with Gasteiger partial charge in [0.15, 0.2) is 0 Å². The van der Waals surface area contributed by atoms with Crippen molar-refractivity contribution in [1.29, 1.82) is 0 Å². The Hall–Kier alpha value is -1.40. The molecule has 1 heterocycles. The Morgan fingerprint density at radius 3 is 2.53 bits per heavy atom. The maximum atomic E-state index is 10.8. The van der Waals surface area contributed by atoms with Crippen molar-refractivity contribution in [3.8, 4) is 11.5 Å². The highest BCUT2D eigenvalue weighted by Gasteiger charge is 2.11. The zero-order valence-corrected chi connectivity index (χ0v) is 10.3. The first-order valence-corrected chi connectivity index (χ1v) is 7.32. The number of aryl methyl sites for hydroxylation is 1. The first-order chi connectivity index (χ1) is 8.04. The van der Waals surface area contributed by atoms with Gasteiger partial charge in [0.1, 0.15) is 0 Å². The summed E-state index contributed by atoms with van der Waals surface area (Å²) in [6.07, 6.45) is 0.117. The average molecular weight is 273 g/mol. The first kappa shape index (κ1) is 12.1. The van der Waals surface area contributed by atoms with Crippen LogP contribution >= 0.6 is 10.7 Å². The molecule has 0 spiro atoms. The summed E-state index contributed by atoms with van der Waals surface area (Å²) in [5.74, 6) is 0.408. The number of aromatic nitrogens is 2. The Morgan fingerprint density at radius 2 is 1.88 bits per heavy atom. The summed E-state index contributed by atoms with van der Waals surface area (Å²) in [6.45, 7) is 0. The Balaban J connectivity index is 2.12. The van der Waals surface area contributed by atoms with Crippen LogP contribution in [0, 0.1) is 0 Å². The van der Waals surface area contributed by atoms with Crippen LogP contribution in [0.25, 0.3) is 11.5 Å². The monoisotopic (exact) mass is 272 g/mol. The summed E-state index contributed by atoms with van der Waals surface area (Å²) in [5.41, 5.74) is 0.792. The molecule has 1 aromatic carbocycles. The van der Waals surface area contributed by atoms with E-state index in [0.717, 1.165) is 5.56 Å². The van der Waals surface area contributed by atoms with Gasteiger partial charge in [-0.2, -0.15) is 0 Å². The first-order valence-electron chi connectivity index (χ1n) is 4.85. The second-order valence-electron chi connectivity index (χ2n) is 3.36. The quantitative estimate of drug-likeness (QED) is 0.794. The van der Waals surface area contributed by atoms with Gasteiger partial charge in [0.2, 0.25) is 20.8 Å². The topological polar surface area (TPSA) is 73.1 Å². The second kappa shape index (κ2) is 4.85. The van der Waals surface area contributed by atoms with Crippen LogP contribution in [0.1, 0.15) is 5.89 Å². The molecule has 0 aliphatic carbocycles. The minimum atomic E-state index is -3.53. The van der Waals surface area contributed by atoms with E-state index in [1.807, 2.05) is 30.3 Å². The molecule has 17 heavy (non-hydrogen) atoms. The van der Waals surface area contributed by atoms with Crippen molar-refractivity contribution in [3.63, 3.8) is 0 Å². The molecule has 7 heteroatoms. The van der Waals surface area contributed by atoms with Crippen LogP contribution in [0.15, 0.2) is 34.7 Å². The number of halogens is 1. The van der Waals surface area contributed by atoms with Crippen LogP contribution in [0.5, 0.6) is 0 Å². The zero-order chi connectivity index (χ0) is 12.3. The molecular formula is C10H9ClN2O3S. The maximum Gasteiger partial charge on any atom is 0.247 e. The average Bonchev–Trinajstić information content (AvgIpc) is 2.75. The fourth-order valence-electron chi connectivity index (χ4n) is 1.26. The van der Waals surface area contributed by atoms with Gasteiger partial charge in [0.05, 0.1) is 5.75 Å². The Labute approximate surface area is 103 Å². The summed E-state index contributed by atoms with van der Waals surface area (Å²) in [6, 6.07) is 9.23. The van der Waals surface area contributed by atoms with E-state index in [1.54, 1.807) is 0 Å². The van der Waals surface area contributed by atoms with Gasteiger partial charge in [-0.25, -0.2) is 8.42 Å². The summed E-state index contributed by atoms with van der Waals surface area (Å²) >= 11 is 0. The predicted molar refractivity (Wildman–Crippen MR) is 63.1 cm³/mol. The van der Waals surface area contributed by atoms with E-state index >= 15 is 0 Å². The highest BCUT2D eigenvalue weighted by Crippen LogP contribution is 2.17. The molecule has 0 aliphatic heterocycles. The van der Waals surface area contributed by atoms with Gasteiger partial charge in [0, 0.05) is 22.7 Å². The number of hydrogen-bond acceptors (Lipinski definition) is 5. The van der Waals surface area contributed by atoms with E-state index < -0.39 is 9.05 Å². The smallest absolute Gasteiger partial charge is 0.247 e. The fourth-order valence-corrected chi connectivity index (χ4v) is 1.91. The van der Waals surface area contributed by atoms with E-state index in [2.05, 4.69) is 10.2 Å². The third kappa shape index (κ3) is 3.54. The number of rotatable bonds is 4. The highest BCUT2D eigenvalue weighted by atomic mass is 35.7. The molecule has 0 unspecified atom stereocenters. The molecule has 0 saturated carbocycles. The minimum absolute atomic E-state index is 0.117. The van der Waals surface area contributed by atoms with Crippen LogP contribution in [0.2, 0.25) is 0 Å². The zero-order valence-electron chi connectivity index (χ0n) is 8.71. The van der Waals surface area contributed by atoms with Crippen molar-refractivity contribution in [1.82, 2.24) is 10.2 Å². The Bertz CT molecular complexity index is 595. The van der Waals surface area contributed by atoms with Crippen LogP contribution in [0.3, 0.4) is 0 Å². The van der Waals surface area contributed by atoms with Gasteiger partial charge >= 0.3 is 0 Å². The fraction of sp³-hybridized carbons (Fsp3) is 0.200. The highest BCUT2D eigenvalue weighted by molar-refractivity contribution is 8.13. The summed E-state index contributed by atoms with van der Waals surface area (Å²) in [4.78, 5) is 0. The summed E-state index contributed by atoms with van der Waals surface area (Å²) in [7, 11) is 1.56. The van der Waals surface area contributed by atoms with Crippen molar-refractivity contribution < 1.29 is 12.8 Å². The van der Waals surface area contributed by atoms with Gasteiger partial charge < -0.3 is 4.42 Å². The SMILES string of the molecule is O=S(=O)(Cl)CCc1nnc(-c2ccccc2)o1. The Morgan fingerprint density at radius 1 is 1.18 bits per heavy atom. The molecule has 0 aliphatic rings. The van der Waals surface area contributed by atoms with Gasteiger partial charge in [-0.1, -0.05) is 18.2 Å². The van der Waals surface area contributed by atoms with Gasteiger partial charge in [0.25, 0.3) is 0 Å². The molecule has 2 rings (SSSR count). The largest absolute Gasteiger partial charge is 0.421 e. The molecule has 0 radical (unpaired) electrons. The number of hydrogen-bond donors (Lipinski definition) is 0.